The predicted octanol–water partition coefficient (Wildman–Crippen LogP) is 3.34. The number of guanidine groups is 1. The number of methoxy groups -OCH3 is 1. The van der Waals surface area contributed by atoms with Gasteiger partial charge in [-0.05, 0) is 31.2 Å². The van der Waals surface area contributed by atoms with Crippen molar-refractivity contribution in [3.05, 3.63) is 36.0 Å². The number of aliphatic imine (C=N–C) groups is 1. The van der Waals surface area contributed by atoms with Crippen molar-refractivity contribution in [3.8, 4) is 11.5 Å². The Bertz CT molecular complexity index is 734. The van der Waals surface area contributed by atoms with Gasteiger partial charge in [-0.25, -0.2) is 0 Å². The zero-order valence-corrected chi connectivity index (χ0v) is 20.2. The van der Waals surface area contributed by atoms with E-state index in [1.165, 1.54) is 0 Å². The maximum atomic E-state index is 5.79. The summed E-state index contributed by atoms with van der Waals surface area (Å²) >= 11 is 0. The molecule has 0 amide bonds. The highest BCUT2D eigenvalue weighted by atomic mass is 127. The van der Waals surface area contributed by atoms with Gasteiger partial charge in [0.15, 0.2) is 11.8 Å². The Hall–Kier alpha value is -2.04. The number of nitrogens with zero attached hydrogens (tertiary/aromatic N) is 4. The first-order valence-electron chi connectivity index (χ1n) is 9.62. The van der Waals surface area contributed by atoms with Gasteiger partial charge in [-0.15, -0.1) is 24.0 Å². The molecule has 1 N–H and O–H groups in total. The van der Waals surface area contributed by atoms with Gasteiger partial charge in [-0.3, -0.25) is 4.99 Å². The standard InChI is InChI=1S/C20H31N5O3.HI/c1-6-21-20(22-12-11-18-23-19(15(2)3)24-28-18)25(4)13-14-27-17-9-7-16(26-5)8-10-17;/h7-10,15H,6,11-14H2,1-5H3,(H,21,22);1H. The molecule has 1 heterocycles. The molecule has 0 aliphatic carbocycles. The summed E-state index contributed by atoms with van der Waals surface area (Å²) in [6.07, 6.45) is 0.616. The third-order valence-electron chi connectivity index (χ3n) is 4.04. The van der Waals surface area contributed by atoms with Crippen molar-refractivity contribution in [2.24, 2.45) is 4.99 Å². The minimum absolute atomic E-state index is 0. The van der Waals surface area contributed by atoms with Crippen molar-refractivity contribution in [1.82, 2.24) is 20.4 Å². The van der Waals surface area contributed by atoms with Crippen LogP contribution in [-0.2, 0) is 6.42 Å². The monoisotopic (exact) mass is 517 g/mol. The van der Waals surface area contributed by atoms with Crippen LogP contribution in [0.1, 0.15) is 38.4 Å². The molecular formula is C20H32IN5O3. The van der Waals surface area contributed by atoms with E-state index in [0.717, 1.165) is 29.8 Å². The van der Waals surface area contributed by atoms with E-state index in [9.17, 15) is 0 Å². The van der Waals surface area contributed by atoms with E-state index in [2.05, 4.69) is 20.4 Å². The summed E-state index contributed by atoms with van der Waals surface area (Å²) in [6, 6.07) is 7.56. The van der Waals surface area contributed by atoms with Crippen LogP contribution in [0.2, 0.25) is 0 Å². The molecule has 0 aliphatic heterocycles. The maximum Gasteiger partial charge on any atom is 0.228 e. The first-order valence-corrected chi connectivity index (χ1v) is 9.62. The molecule has 2 aromatic rings. The predicted molar refractivity (Wildman–Crippen MR) is 125 cm³/mol. The molecule has 2 rings (SSSR count). The van der Waals surface area contributed by atoms with Crippen LogP contribution in [-0.4, -0.2) is 61.4 Å². The van der Waals surface area contributed by atoms with Crippen LogP contribution in [0.15, 0.2) is 33.8 Å². The summed E-state index contributed by atoms with van der Waals surface area (Å²) in [5.74, 6) is 4.06. The molecular weight excluding hydrogens is 485 g/mol. The Morgan fingerprint density at radius 3 is 2.52 bits per heavy atom. The highest BCUT2D eigenvalue weighted by Gasteiger charge is 2.10. The van der Waals surface area contributed by atoms with Gasteiger partial charge >= 0.3 is 0 Å². The molecule has 0 aliphatic rings. The number of nitrogens with one attached hydrogen (secondary N) is 1. The molecule has 0 fully saturated rings. The zero-order valence-electron chi connectivity index (χ0n) is 17.8. The molecule has 29 heavy (non-hydrogen) atoms. The van der Waals surface area contributed by atoms with Gasteiger partial charge in [-0.1, -0.05) is 19.0 Å². The van der Waals surface area contributed by atoms with Gasteiger partial charge in [0.05, 0.1) is 20.2 Å². The summed E-state index contributed by atoms with van der Waals surface area (Å²) < 4.78 is 16.2. The molecule has 0 radical (unpaired) electrons. The molecule has 0 saturated carbocycles. The van der Waals surface area contributed by atoms with Crippen molar-refractivity contribution in [1.29, 1.82) is 0 Å². The number of benzene rings is 1. The van der Waals surface area contributed by atoms with Crippen LogP contribution >= 0.6 is 24.0 Å². The minimum Gasteiger partial charge on any atom is -0.497 e. The van der Waals surface area contributed by atoms with Crippen LogP contribution in [0, 0.1) is 0 Å². The lowest BCUT2D eigenvalue weighted by atomic mass is 10.2. The van der Waals surface area contributed by atoms with E-state index in [1.54, 1.807) is 7.11 Å². The molecule has 0 saturated heterocycles. The molecule has 0 bridgehead atoms. The molecule has 1 aromatic carbocycles. The average Bonchev–Trinajstić information content (AvgIpc) is 3.17. The Balaban J connectivity index is 0.00000420. The summed E-state index contributed by atoms with van der Waals surface area (Å²) in [5.41, 5.74) is 0. The van der Waals surface area contributed by atoms with Crippen molar-refractivity contribution in [2.45, 2.75) is 33.1 Å². The first-order chi connectivity index (χ1) is 13.5. The Labute approximate surface area is 190 Å². The van der Waals surface area contributed by atoms with Crippen molar-refractivity contribution >= 4 is 29.9 Å². The van der Waals surface area contributed by atoms with Crippen LogP contribution in [0.4, 0.5) is 0 Å². The summed E-state index contributed by atoms with van der Waals surface area (Å²) in [7, 11) is 3.64. The maximum absolute atomic E-state index is 5.79. The van der Waals surface area contributed by atoms with Crippen LogP contribution in [0.25, 0.3) is 0 Å². The molecule has 162 valence electrons. The van der Waals surface area contributed by atoms with Gasteiger partial charge in [0.1, 0.15) is 18.1 Å². The molecule has 0 spiro atoms. The van der Waals surface area contributed by atoms with Crippen molar-refractivity contribution < 1.29 is 14.0 Å². The average molecular weight is 517 g/mol. The minimum atomic E-state index is 0. The van der Waals surface area contributed by atoms with Gasteiger partial charge < -0.3 is 24.2 Å². The zero-order chi connectivity index (χ0) is 20.4. The van der Waals surface area contributed by atoms with E-state index in [1.807, 2.05) is 57.0 Å². The SMILES string of the molecule is CCNC(=NCCc1nc(C(C)C)no1)N(C)CCOc1ccc(OC)cc1.I. The fourth-order valence-corrected chi connectivity index (χ4v) is 2.41. The fourth-order valence-electron chi connectivity index (χ4n) is 2.41. The highest BCUT2D eigenvalue weighted by Crippen LogP contribution is 2.16. The second kappa shape index (κ2) is 13.2. The van der Waals surface area contributed by atoms with Gasteiger partial charge in [-0.2, -0.15) is 4.98 Å². The van der Waals surface area contributed by atoms with E-state index in [-0.39, 0.29) is 29.9 Å². The van der Waals surface area contributed by atoms with Crippen LogP contribution in [0.5, 0.6) is 11.5 Å². The lowest BCUT2D eigenvalue weighted by molar-refractivity contribution is 0.281. The molecule has 8 nitrogen and oxygen atoms in total. The van der Waals surface area contributed by atoms with E-state index < -0.39 is 0 Å². The number of hydrogen-bond acceptors (Lipinski definition) is 6. The van der Waals surface area contributed by atoms with E-state index in [0.29, 0.717) is 32.0 Å². The number of halogens is 1. The van der Waals surface area contributed by atoms with Gasteiger partial charge in [0.2, 0.25) is 5.89 Å². The normalized spacial score (nSPS) is 11.2. The fraction of sp³-hybridized carbons (Fsp3) is 0.550. The number of likely N-dealkylation sites (N-methyl/N-ethyl adjacent to an activating group) is 1. The Kier molecular flexibility index (Phi) is 11.4. The number of aromatic nitrogens is 2. The smallest absolute Gasteiger partial charge is 0.228 e. The number of rotatable bonds is 10. The van der Waals surface area contributed by atoms with Gasteiger partial charge in [0, 0.05) is 25.9 Å². The largest absolute Gasteiger partial charge is 0.497 e. The number of ether oxygens (including phenoxy) is 2. The summed E-state index contributed by atoms with van der Waals surface area (Å²) in [5, 5.41) is 7.27. The highest BCUT2D eigenvalue weighted by molar-refractivity contribution is 14.0. The van der Waals surface area contributed by atoms with E-state index in [4.69, 9.17) is 14.0 Å². The molecule has 9 heteroatoms. The van der Waals surface area contributed by atoms with E-state index >= 15 is 0 Å². The second-order valence-electron chi connectivity index (χ2n) is 6.63. The third kappa shape index (κ3) is 8.46. The molecule has 1 aromatic heterocycles. The van der Waals surface area contributed by atoms with Crippen molar-refractivity contribution in [2.75, 3.05) is 40.4 Å². The third-order valence-corrected chi connectivity index (χ3v) is 4.04. The van der Waals surface area contributed by atoms with Crippen LogP contribution < -0.4 is 14.8 Å². The van der Waals surface area contributed by atoms with Crippen LogP contribution in [0.3, 0.4) is 0 Å². The Morgan fingerprint density at radius 2 is 1.93 bits per heavy atom. The topological polar surface area (TPSA) is 85.0 Å². The molecule has 0 unspecified atom stereocenters. The Morgan fingerprint density at radius 1 is 1.24 bits per heavy atom. The lowest BCUT2D eigenvalue weighted by Crippen LogP contribution is -2.41. The quantitative estimate of drug-likeness (QED) is 0.294. The first kappa shape index (κ1) is 25.0. The second-order valence-corrected chi connectivity index (χ2v) is 6.63. The summed E-state index contributed by atoms with van der Waals surface area (Å²) in [4.78, 5) is 11.1. The lowest BCUT2D eigenvalue weighted by Gasteiger charge is -2.22. The number of hydrogen-bond donors (Lipinski definition) is 1. The molecule has 0 atom stereocenters. The van der Waals surface area contributed by atoms with Gasteiger partial charge in [0.25, 0.3) is 0 Å². The summed E-state index contributed by atoms with van der Waals surface area (Å²) in [6.45, 7) is 8.75. The van der Waals surface area contributed by atoms with Crippen molar-refractivity contribution in [3.63, 3.8) is 0 Å².